The van der Waals surface area contributed by atoms with Crippen molar-refractivity contribution >= 4 is 27.3 Å². The first-order chi connectivity index (χ1) is 14.8. The molecule has 5 nitrogen and oxygen atoms in total. The minimum atomic E-state index is -3.76. The Labute approximate surface area is 183 Å². The topological polar surface area (TPSA) is 66.5 Å². The summed E-state index contributed by atoms with van der Waals surface area (Å²) in [6.07, 6.45) is 1.73. The second-order valence-electron chi connectivity index (χ2n) is 8.10. The number of aryl methyl sites for hydroxylation is 4. The molecule has 3 aromatic carbocycles. The zero-order valence-corrected chi connectivity index (χ0v) is 18.8. The maximum absolute atomic E-state index is 13.2. The molecule has 31 heavy (non-hydrogen) atoms. The van der Waals surface area contributed by atoms with Crippen LogP contribution in [-0.4, -0.2) is 20.9 Å². The second kappa shape index (κ2) is 8.19. The lowest BCUT2D eigenvalue weighted by atomic mass is 10.00. The monoisotopic (exact) mass is 434 g/mol. The van der Waals surface area contributed by atoms with Crippen LogP contribution >= 0.6 is 0 Å². The van der Waals surface area contributed by atoms with Gasteiger partial charge in [-0.2, -0.15) is 0 Å². The molecule has 1 heterocycles. The van der Waals surface area contributed by atoms with Crippen LogP contribution in [0.5, 0.6) is 0 Å². The van der Waals surface area contributed by atoms with E-state index in [2.05, 4.69) is 4.72 Å². The van der Waals surface area contributed by atoms with E-state index in [1.165, 1.54) is 0 Å². The van der Waals surface area contributed by atoms with Crippen LogP contribution in [0.25, 0.3) is 0 Å². The molecular weight excluding hydrogens is 408 g/mol. The van der Waals surface area contributed by atoms with E-state index in [9.17, 15) is 13.2 Å². The smallest absolute Gasteiger partial charge is 0.262 e. The van der Waals surface area contributed by atoms with Crippen molar-refractivity contribution in [1.29, 1.82) is 0 Å². The zero-order valence-electron chi connectivity index (χ0n) is 18.0. The summed E-state index contributed by atoms with van der Waals surface area (Å²) in [5.41, 5.74) is 5.32. The lowest BCUT2D eigenvalue weighted by Crippen LogP contribution is -2.35. The van der Waals surface area contributed by atoms with Crippen LogP contribution in [0.15, 0.2) is 65.6 Å². The Balaban J connectivity index is 1.69. The van der Waals surface area contributed by atoms with E-state index in [4.69, 9.17) is 0 Å². The minimum Gasteiger partial charge on any atom is -0.308 e. The third-order valence-corrected chi connectivity index (χ3v) is 7.28. The first-order valence-corrected chi connectivity index (χ1v) is 11.8. The highest BCUT2D eigenvalue weighted by Gasteiger charge is 2.25. The van der Waals surface area contributed by atoms with Crippen molar-refractivity contribution in [1.82, 2.24) is 0 Å². The van der Waals surface area contributed by atoms with Gasteiger partial charge in [-0.05, 0) is 74.6 Å². The Bertz CT molecular complexity index is 1230. The Kier molecular flexibility index (Phi) is 5.58. The molecule has 0 unspecified atom stereocenters. The molecule has 160 valence electrons. The summed E-state index contributed by atoms with van der Waals surface area (Å²) in [4.78, 5) is 15.1. The van der Waals surface area contributed by atoms with Gasteiger partial charge in [0.25, 0.3) is 15.9 Å². The van der Waals surface area contributed by atoms with Crippen molar-refractivity contribution in [2.75, 3.05) is 16.2 Å². The van der Waals surface area contributed by atoms with Gasteiger partial charge in [-0.25, -0.2) is 8.42 Å². The number of sulfonamides is 1. The molecule has 0 aromatic heterocycles. The molecular formula is C25H26N2O3S. The molecule has 0 saturated carbocycles. The first kappa shape index (κ1) is 21.1. The SMILES string of the molecule is Cc1cc(C)c(S(=O)(=O)Nc2ccc3c(c2)N(C(=O)c2ccccc2)CCC3)c(C)c1. The van der Waals surface area contributed by atoms with E-state index in [-0.39, 0.29) is 5.91 Å². The molecule has 1 aliphatic rings. The molecule has 0 saturated heterocycles. The van der Waals surface area contributed by atoms with Crippen LogP contribution in [-0.2, 0) is 16.4 Å². The third-order valence-electron chi connectivity index (χ3n) is 5.60. The van der Waals surface area contributed by atoms with Gasteiger partial charge < -0.3 is 4.90 Å². The lowest BCUT2D eigenvalue weighted by molar-refractivity contribution is 0.0985. The fraction of sp³-hybridized carbons (Fsp3) is 0.240. The fourth-order valence-corrected chi connectivity index (χ4v) is 5.89. The highest BCUT2D eigenvalue weighted by atomic mass is 32.2. The van der Waals surface area contributed by atoms with Crippen molar-refractivity contribution in [3.63, 3.8) is 0 Å². The molecule has 1 N–H and O–H groups in total. The van der Waals surface area contributed by atoms with Crippen LogP contribution in [0.3, 0.4) is 0 Å². The molecule has 0 bridgehead atoms. The summed E-state index contributed by atoms with van der Waals surface area (Å²) in [7, 11) is -3.76. The van der Waals surface area contributed by atoms with Crippen LogP contribution in [0.2, 0.25) is 0 Å². The van der Waals surface area contributed by atoms with E-state index in [0.717, 1.165) is 29.7 Å². The van der Waals surface area contributed by atoms with E-state index in [0.29, 0.717) is 33.8 Å². The lowest BCUT2D eigenvalue weighted by Gasteiger charge is -2.30. The number of rotatable bonds is 4. The summed E-state index contributed by atoms with van der Waals surface area (Å²) in [6.45, 7) is 6.17. The summed E-state index contributed by atoms with van der Waals surface area (Å²) in [6, 6.07) is 18.3. The van der Waals surface area contributed by atoms with E-state index < -0.39 is 10.0 Å². The van der Waals surface area contributed by atoms with Crippen LogP contribution in [0.1, 0.15) is 39.0 Å². The Morgan fingerprint density at radius 3 is 2.29 bits per heavy atom. The van der Waals surface area contributed by atoms with Gasteiger partial charge in [-0.15, -0.1) is 0 Å². The number of nitrogens with one attached hydrogen (secondary N) is 1. The molecule has 0 spiro atoms. The zero-order chi connectivity index (χ0) is 22.2. The van der Waals surface area contributed by atoms with Crippen molar-refractivity contribution in [3.05, 3.63) is 88.5 Å². The molecule has 0 fully saturated rings. The molecule has 1 amide bonds. The van der Waals surface area contributed by atoms with Gasteiger partial charge in [0.1, 0.15) is 0 Å². The molecule has 0 radical (unpaired) electrons. The number of hydrogen-bond donors (Lipinski definition) is 1. The Morgan fingerprint density at radius 1 is 0.935 bits per heavy atom. The summed E-state index contributed by atoms with van der Waals surface area (Å²) in [5.74, 6) is -0.0771. The highest BCUT2D eigenvalue weighted by molar-refractivity contribution is 7.92. The average Bonchev–Trinajstić information content (AvgIpc) is 2.72. The maximum Gasteiger partial charge on any atom is 0.262 e. The Hall–Kier alpha value is -3.12. The summed E-state index contributed by atoms with van der Waals surface area (Å²) < 4.78 is 29.1. The van der Waals surface area contributed by atoms with Gasteiger partial charge in [-0.1, -0.05) is 42.0 Å². The number of hydrogen-bond acceptors (Lipinski definition) is 3. The second-order valence-corrected chi connectivity index (χ2v) is 9.72. The number of fused-ring (bicyclic) bond motifs is 1. The number of amides is 1. The van der Waals surface area contributed by atoms with Crippen molar-refractivity contribution in [2.45, 2.75) is 38.5 Å². The predicted molar refractivity (Wildman–Crippen MR) is 124 cm³/mol. The molecule has 6 heteroatoms. The fourth-order valence-electron chi connectivity index (χ4n) is 4.38. The van der Waals surface area contributed by atoms with E-state index in [1.54, 1.807) is 29.2 Å². The summed E-state index contributed by atoms with van der Waals surface area (Å²) in [5, 5.41) is 0. The largest absolute Gasteiger partial charge is 0.308 e. The van der Waals surface area contributed by atoms with Gasteiger partial charge in [-0.3, -0.25) is 9.52 Å². The van der Waals surface area contributed by atoms with E-state index in [1.807, 2.05) is 57.2 Å². The quantitative estimate of drug-likeness (QED) is 0.628. The molecule has 3 aromatic rings. The minimum absolute atomic E-state index is 0.0771. The molecule has 0 aliphatic carbocycles. The number of benzene rings is 3. The third kappa shape index (κ3) is 4.21. The van der Waals surface area contributed by atoms with Crippen molar-refractivity contribution in [2.24, 2.45) is 0 Å². The van der Waals surface area contributed by atoms with Crippen LogP contribution < -0.4 is 9.62 Å². The number of anilines is 2. The first-order valence-electron chi connectivity index (χ1n) is 10.4. The maximum atomic E-state index is 13.2. The number of carbonyl (C=O) groups is 1. The predicted octanol–water partition coefficient (Wildman–Crippen LogP) is 5.01. The van der Waals surface area contributed by atoms with Gasteiger partial charge in [0, 0.05) is 17.8 Å². The molecule has 0 atom stereocenters. The van der Waals surface area contributed by atoms with Crippen molar-refractivity contribution < 1.29 is 13.2 Å². The van der Waals surface area contributed by atoms with Crippen molar-refractivity contribution in [3.8, 4) is 0 Å². The van der Waals surface area contributed by atoms with E-state index >= 15 is 0 Å². The van der Waals surface area contributed by atoms with Gasteiger partial charge in [0.15, 0.2) is 0 Å². The van der Waals surface area contributed by atoms with Crippen LogP contribution in [0.4, 0.5) is 11.4 Å². The normalized spacial score (nSPS) is 13.6. The van der Waals surface area contributed by atoms with Gasteiger partial charge >= 0.3 is 0 Å². The number of carbonyl (C=O) groups excluding carboxylic acids is 1. The average molecular weight is 435 g/mol. The van der Waals surface area contributed by atoms with Gasteiger partial charge in [0.05, 0.1) is 10.6 Å². The molecule has 4 rings (SSSR count). The van der Waals surface area contributed by atoms with Crippen LogP contribution in [0, 0.1) is 20.8 Å². The van der Waals surface area contributed by atoms with Gasteiger partial charge in [0.2, 0.25) is 0 Å². The summed E-state index contributed by atoms with van der Waals surface area (Å²) >= 11 is 0. The Morgan fingerprint density at radius 2 is 1.61 bits per heavy atom. The molecule has 1 aliphatic heterocycles. The number of nitrogens with zero attached hydrogens (tertiary/aromatic N) is 1. The standard InChI is InChI=1S/C25H26N2O3S/c1-17-14-18(2)24(19(3)15-17)31(29,30)26-22-12-11-20-10-7-13-27(23(20)16-22)25(28)21-8-5-4-6-9-21/h4-6,8-9,11-12,14-16,26H,7,10,13H2,1-3H3. The highest BCUT2D eigenvalue weighted by Crippen LogP contribution is 2.32.